The van der Waals surface area contributed by atoms with Crippen LogP contribution in [0.4, 0.5) is 0 Å². The van der Waals surface area contributed by atoms with Gasteiger partial charge in [-0.2, -0.15) is 0 Å². The molecule has 1 saturated carbocycles. The number of hydrogen-bond acceptors (Lipinski definition) is 4. The highest BCUT2D eigenvalue weighted by Crippen LogP contribution is 2.33. The summed E-state index contributed by atoms with van der Waals surface area (Å²) in [7, 11) is 0. The minimum Gasteiger partial charge on any atom is -0.378 e. The van der Waals surface area contributed by atoms with Crippen LogP contribution in [0.5, 0.6) is 0 Å². The molecule has 0 bridgehead atoms. The number of rotatable bonds is 3. The average molecular weight is 332 g/mol. The van der Waals surface area contributed by atoms with Crippen LogP contribution >= 0.6 is 12.4 Å². The van der Waals surface area contributed by atoms with Crippen LogP contribution in [0, 0.1) is 5.92 Å². The maximum Gasteiger partial charge on any atom is 0.242 e. The number of amides is 2. The lowest BCUT2D eigenvalue weighted by Crippen LogP contribution is -2.49. The smallest absolute Gasteiger partial charge is 0.242 e. The summed E-state index contributed by atoms with van der Waals surface area (Å²) in [5.74, 6) is 0.609. The van der Waals surface area contributed by atoms with Crippen molar-refractivity contribution in [3.63, 3.8) is 0 Å². The molecule has 6 nitrogen and oxygen atoms in total. The van der Waals surface area contributed by atoms with Crippen molar-refractivity contribution in [1.29, 1.82) is 0 Å². The van der Waals surface area contributed by atoms with E-state index in [1.54, 1.807) is 4.90 Å². The molecule has 1 aliphatic carbocycles. The molecule has 2 aliphatic heterocycles. The Morgan fingerprint density at radius 1 is 1.18 bits per heavy atom. The van der Waals surface area contributed by atoms with Crippen LogP contribution in [-0.2, 0) is 14.3 Å². The van der Waals surface area contributed by atoms with Gasteiger partial charge in [-0.1, -0.05) is 12.8 Å². The van der Waals surface area contributed by atoms with Crippen molar-refractivity contribution in [2.24, 2.45) is 5.92 Å². The summed E-state index contributed by atoms with van der Waals surface area (Å²) in [6.07, 6.45) is 5.88. The van der Waals surface area contributed by atoms with Crippen molar-refractivity contribution in [3.05, 3.63) is 0 Å². The van der Waals surface area contributed by atoms with Crippen LogP contribution in [0.15, 0.2) is 0 Å². The van der Waals surface area contributed by atoms with Crippen molar-refractivity contribution < 1.29 is 14.3 Å². The molecule has 3 unspecified atom stereocenters. The molecule has 2 heterocycles. The van der Waals surface area contributed by atoms with Crippen LogP contribution in [0.25, 0.3) is 0 Å². The lowest BCUT2D eigenvalue weighted by molar-refractivity contribution is -0.136. The van der Waals surface area contributed by atoms with Crippen LogP contribution in [0.3, 0.4) is 0 Å². The van der Waals surface area contributed by atoms with Crippen LogP contribution in [0.1, 0.15) is 32.1 Å². The molecule has 3 fully saturated rings. The molecule has 3 aliphatic rings. The number of fused-ring (bicyclic) bond motifs is 1. The van der Waals surface area contributed by atoms with Crippen LogP contribution in [-0.4, -0.2) is 61.6 Å². The largest absolute Gasteiger partial charge is 0.378 e. The molecule has 2 amide bonds. The Labute approximate surface area is 137 Å². The summed E-state index contributed by atoms with van der Waals surface area (Å²) >= 11 is 0. The van der Waals surface area contributed by atoms with E-state index >= 15 is 0 Å². The van der Waals surface area contributed by atoms with Gasteiger partial charge in [-0.15, -0.1) is 12.4 Å². The number of hydrogen-bond donors (Lipinski definition) is 2. The fraction of sp³-hybridized carbons (Fsp3) is 0.867. The highest BCUT2D eigenvalue weighted by Gasteiger charge is 2.38. The predicted molar refractivity (Wildman–Crippen MR) is 84.9 cm³/mol. The van der Waals surface area contributed by atoms with Gasteiger partial charge >= 0.3 is 0 Å². The van der Waals surface area contributed by atoms with Gasteiger partial charge in [0.05, 0.1) is 25.8 Å². The molecule has 0 aromatic carbocycles. The lowest BCUT2D eigenvalue weighted by atomic mass is 9.85. The number of carbonyl (C=O) groups is 2. The molecule has 0 radical (unpaired) electrons. The molecule has 2 N–H and O–H groups in total. The second-order valence-electron chi connectivity index (χ2n) is 6.32. The van der Waals surface area contributed by atoms with Crippen molar-refractivity contribution in [2.45, 2.75) is 44.2 Å². The van der Waals surface area contributed by atoms with Gasteiger partial charge < -0.3 is 20.3 Å². The van der Waals surface area contributed by atoms with Gasteiger partial charge in [0, 0.05) is 19.1 Å². The van der Waals surface area contributed by atoms with Crippen LogP contribution < -0.4 is 10.6 Å². The molecular weight excluding hydrogens is 306 g/mol. The van der Waals surface area contributed by atoms with Gasteiger partial charge in [0.25, 0.3) is 0 Å². The molecule has 22 heavy (non-hydrogen) atoms. The fourth-order valence-corrected chi connectivity index (χ4v) is 3.73. The molecule has 0 aromatic rings. The third kappa shape index (κ3) is 4.12. The van der Waals surface area contributed by atoms with Crippen molar-refractivity contribution in [3.8, 4) is 0 Å². The van der Waals surface area contributed by atoms with Gasteiger partial charge in [0.1, 0.15) is 0 Å². The Balaban J connectivity index is 0.00000176. The standard InChI is InChI=1S/C15H25N3O3.ClH/c19-14(18-5-7-21-8-6-18)10-16-15(20)13-9-11-3-1-2-4-12(11)17-13;/h11-13,17H,1-10H2,(H,16,20);1H. The highest BCUT2D eigenvalue weighted by atomic mass is 35.5. The Morgan fingerprint density at radius 2 is 1.91 bits per heavy atom. The van der Waals surface area contributed by atoms with Crippen molar-refractivity contribution in [2.75, 3.05) is 32.8 Å². The molecule has 0 spiro atoms. The third-order valence-electron chi connectivity index (χ3n) is 4.96. The Bertz CT molecular complexity index is 387. The van der Waals surface area contributed by atoms with Gasteiger partial charge in [0.15, 0.2) is 0 Å². The molecule has 3 atom stereocenters. The Kier molecular flexibility index (Phi) is 6.47. The molecule has 126 valence electrons. The summed E-state index contributed by atoms with van der Waals surface area (Å²) < 4.78 is 5.22. The first kappa shape index (κ1) is 17.5. The topological polar surface area (TPSA) is 70.7 Å². The molecule has 7 heteroatoms. The Morgan fingerprint density at radius 3 is 2.64 bits per heavy atom. The summed E-state index contributed by atoms with van der Waals surface area (Å²) in [6.45, 7) is 2.54. The fourth-order valence-electron chi connectivity index (χ4n) is 3.73. The van der Waals surface area contributed by atoms with E-state index in [0.29, 0.717) is 38.3 Å². The van der Waals surface area contributed by atoms with Gasteiger partial charge in [0.2, 0.25) is 11.8 Å². The monoisotopic (exact) mass is 331 g/mol. The van der Waals surface area contributed by atoms with Gasteiger partial charge in [-0.05, 0) is 25.2 Å². The number of halogens is 1. The summed E-state index contributed by atoms with van der Waals surface area (Å²) in [4.78, 5) is 26.0. The van der Waals surface area contributed by atoms with Crippen molar-refractivity contribution >= 4 is 24.2 Å². The first-order chi connectivity index (χ1) is 10.2. The zero-order chi connectivity index (χ0) is 14.7. The second kappa shape index (κ2) is 8.13. The summed E-state index contributed by atoms with van der Waals surface area (Å²) in [5, 5.41) is 6.24. The van der Waals surface area contributed by atoms with E-state index in [-0.39, 0.29) is 36.8 Å². The maximum absolute atomic E-state index is 12.2. The predicted octanol–water partition coefficient (Wildman–Crippen LogP) is 0.304. The van der Waals surface area contributed by atoms with E-state index in [1.807, 2.05) is 0 Å². The van der Waals surface area contributed by atoms with Gasteiger partial charge in [-0.3, -0.25) is 9.59 Å². The van der Waals surface area contributed by atoms with Crippen molar-refractivity contribution in [1.82, 2.24) is 15.5 Å². The number of morpholine rings is 1. The molecule has 3 rings (SSSR count). The summed E-state index contributed by atoms with van der Waals surface area (Å²) in [5.41, 5.74) is 0. The van der Waals surface area contributed by atoms with E-state index in [1.165, 1.54) is 25.7 Å². The number of nitrogens with one attached hydrogen (secondary N) is 2. The number of carbonyl (C=O) groups excluding carboxylic acids is 2. The second-order valence-corrected chi connectivity index (χ2v) is 6.32. The SMILES string of the molecule is Cl.O=C(NCC(=O)N1CCOCC1)C1CC2CCCCC2N1. The minimum absolute atomic E-state index is 0. The lowest BCUT2D eigenvalue weighted by Gasteiger charge is -2.27. The zero-order valence-electron chi connectivity index (χ0n) is 12.9. The van der Waals surface area contributed by atoms with E-state index in [2.05, 4.69) is 10.6 Å². The molecule has 2 saturated heterocycles. The Hall–Kier alpha value is -0.850. The van der Waals surface area contributed by atoms with E-state index in [0.717, 1.165) is 6.42 Å². The van der Waals surface area contributed by atoms with Gasteiger partial charge in [-0.25, -0.2) is 0 Å². The molecule has 0 aromatic heterocycles. The van der Waals surface area contributed by atoms with E-state index in [9.17, 15) is 9.59 Å². The average Bonchev–Trinajstić information content (AvgIpc) is 2.97. The summed E-state index contributed by atoms with van der Waals surface area (Å²) in [6, 6.07) is 0.389. The zero-order valence-corrected chi connectivity index (χ0v) is 13.7. The first-order valence-electron chi connectivity index (χ1n) is 8.13. The number of nitrogens with zero attached hydrogens (tertiary/aromatic N) is 1. The third-order valence-corrected chi connectivity index (χ3v) is 4.96. The highest BCUT2D eigenvalue weighted by molar-refractivity contribution is 5.87. The van der Waals surface area contributed by atoms with E-state index < -0.39 is 0 Å². The maximum atomic E-state index is 12.2. The number of ether oxygens (including phenoxy) is 1. The quantitative estimate of drug-likeness (QED) is 0.780. The first-order valence-corrected chi connectivity index (χ1v) is 8.13. The van der Waals surface area contributed by atoms with E-state index in [4.69, 9.17) is 4.74 Å². The van der Waals surface area contributed by atoms with Crippen LogP contribution in [0.2, 0.25) is 0 Å². The normalized spacial score (nSPS) is 31.1. The molecular formula is C15H26ClN3O3. The minimum atomic E-state index is -0.115.